The number of pyridine rings is 1. The first-order chi connectivity index (χ1) is 8.80. The average molecular weight is 241 g/mol. The highest BCUT2D eigenvalue weighted by molar-refractivity contribution is 5.89. The van der Waals surface area contributed by atoms with Gasteiger partial charge in [0.05, 0.1) is 12.3 Å². The molecule has 2 atom stereocenters. The Bertz CT molecular complexity index is 622. The number of carbonyl (C=O) groups is 1. The SMILES string of the molecule is O=C1OC[C@H]2CC12c1cn(-c2ccccn2)cn1. The number of nitrogens with zero attached hydrogens (tertiary/aromatic N) is 3. The number of fused-ring (bicyclic) bond motifs is 1. The Kier molecular flexibility index (Phi) is 1.74. The Morgan fingerprint density at radius 1 is 1.39 bits per heavy atom. The van der Waals surface area contributed by atoms with Gasteiger partial charge in [0.2, 0.25) is 0 Å². The van der Waals surface area contributed by atoms with Gasteiger partial charge in [0.1, 0.15) is 17.6 Å². The van der Waals surface area contributed by atoms with E-state index in [1.807, 2.05) is 29.0 Å². The summed E-state index contributed by atoms with van der Waals surface area (Å²) in [4.78, 5) is 20.4. The lowest BCUT2D eigenvalue weighted by molar-refractivity contribution is -0.142. The van der Waals surface area contributed by atoms with Gasteiger partial charge in [0.15, 0.2) is 0 Å². The number of carbonyl (C=O) groups excluding carboxylic acids is 1. The van der Waals surface area contributed by atoms with E-state index in [0.717, 1.165) is 17.9 Å². The maximum absolute atomic E-state index is 11.8. The molecule has 0 N–H and O–H groups in total. The monoisotopic (exact) mass is 241 g/mol. The predicted octanol–water partition coefficient (Wildman–Crippen LogP) is 1.08. The predicted molar refractivity (Wildman–Crippen MR) is 62.1 cm³/mol. The van der Waals surface area contributed by atoms with Gasteiger partial charge in [0, 0.05) is 18.3 Å². The Labute approximate surface area is 103 Å². The van der Waals surface area contributed by atoms with E-state index in [1.165, 1.54) is 0 Å². The molecule has 0 radical (unpaired) electrons. The van der Waals surface area contributed by atoms with Crippen LogP contribution >= 0.6 is 0 Å². The highest BCUT2D eigenvalue weighted by atomic mass is 16.5. The van der Waals surface area contributed by atoms with Gasteiger partial charge in [-0.1, -0.05) is 6.07 Å². The minimum atomic E-state index is -0.458. The summed E-state index contributed by atoms with van der Waals surface area (Å²) in [5, 5.41) is 0. The van der Waals surface area contributed by atoms with Crippen molar-refractivity contribution in [3.63, 3.8) is 0 Å². The zero-order chi connectivity index (χ0) is 12.2. The number of esters is 1. The molecule has 0 amide bonds. The van der Waals surface area contributed by atoms with E-state index in [2.05, 4.69) is 9.97 Å². The lowest BCUT2D eigenvalue weighted by Crippen LogP contribution is -2.19. The third-order valence-electron chi connectivity index (χ3n) is 3.84. The number of ether oxygens (including phenoxy) is 1. The summed E-state index contributed by atoms with van der Waals surface area (Å²) in [5.41, 5.74) is 0.348. The normalized spacial score (nSPS) is 28.9. The molecule has 1 aliphatic heterocycles. The molecule has 2 aromatic rings. The van der Waals surface area contributed by atoms with Crippen LogP contribution in [0.2, 0.25) is 0 Å². The van der Waals surface area contributed by atoms with Crippen LogP contribution in [0.15, 0.2) is 36.9 Å². The second-order valence-electron chi connectivity index (χ2n) is 4.82. The minimum Gasteiger partial charge on any atom is -0.465 e. The van der Waals surface area contributed by atoms with Crippen LogP contribution in [0.4, 0.5) is 0 Å². The number of aromatic nitrogens is 3. The standard InChI is InChI=1S/C13H11N3O2/c17-12-13(5-9(13)7-18-12)10-6-16(8-15-10)11-3-1-2-4-14-11/h1-4,6,8-9H,5,7H2/t9-,13?/m1/s1. The molecule has 1 aliphatic carbocycles. The lowest BCUT2D eigenvalue weighted by atomic mass is 10.0. The molecule has 1 saturated carbocycles. The highest BCUT2D eigenvalue weighted by Crippen LogP contribution is 2.58. The molecule has 0 aromatic carbocycles. The molecule has 2 aromatic heterocycles. The smallest absolute Gasteiger partial charge is 0.318 e. The first-order valence-corrected chi connectivity index (χ1v) is 5.94. The number of imidazole rings is 1. The molecular formula is C13H11N3O2. The van der Waals surface area contributed by atoms with Crippen LogP contribution in [0.1, 0.15) is 12.1 Å². The van der Waals surface area contributed by atoms with Gasteiger partial charge >= 0.3 is 5.97 Å². The van der Waals surface area contributed by atoms with Crippen molar-refractivity contribution in [3.05, 3.63) is 42.6 Å². The van der Waals surface area contributed by atoms with Crippen LogP contribution in [-0.4, -0.2) is 27.1 Å². The van der Waals surface area contributed by atoms with Gasteiger partial charge in [-0.15, -0.1) is 0 Å². The van der Waals surface area contributed by atoms with Crippen LogP contribution in [-0.2, 0) is 14.9 Å². The van der Waals surface area contributed by atoms with Crippen LogP contribution in [0, 0.1) is 5.92 Å². The van der Waals surface area contributed by atoms with E-state index in [1.54, 1.807) is 12.5 Å². The first-order valence-electron chi connectivity index (χ1n) is 5.94. The number of hydrogen-bond acceptors (Lipinski definition) is 4. The molecule has 1 unspecified atom stereocenters. The molecule has 2 fully saturated rings. The molecule has 0 spiro atoms. The summed E-state index contributed by atoms with van der Waals surface area (Å²) in [7, 11) is 0. The fourth-order valence-electron chi connectivity index (χ4n) is 2.69. The summed E-state index contributed by atoms with van der Waals surface area (Å²) >= 11 is 0. The van der Waals surface area contributed by atoms with E-state index in [4.69, 9.17) is 4.74 Å². The first kappa shape index (κ1) is 9.82. The zero-order valence-corrected chi connectivity index (χ0v) is 9.61. The summed E-state index contributed by atoms with van der Waals surface area (Å²) in [5.74, 6) is 0.993. The van der Waals surface area contributed by atoms with Crippen LogP contribution < -0.4 is 0 Å². The maximum atomic E-state index is 11.8. The Morgan fingerprint density at radius 3 is 3.00 bits per heavy atom. The van der Waals surface area contributed by atoms with Crippen molar-refractivity contribution in [2.45, 2.75) is 11.8 Å². The van der Waals surface area contributed by atoms with Crippen LogP contribution in [0.3, 0.4) is 0 Å². The second kappa shape index (κ2) is 3.19. The third kappa shape index (κ3) is 1.13. The Hall–Kier alpha value is -2.17. The van der Waals surface area contributed by atoms with Crippen molar-refractivity contribution in [1.82, 2.24) is 14.5 Å². The molecular weight excluding hydrogens is 230 g/mol. The molecule has 2 aliphatic rings. The van der Waals surface area contributed by atoms with Gasteiger partial charge in [-0.2, -0.15) is 0 Å². The van der Waals surface area contributed by atoms with Crippen molar-refractivity contribution in [2.24, 2.45) is 5.92 Å². The van der Waals surface area contributed by atoms with E-state index in [-0.39, 0.29) is 5.97 Å². The van der Waals surface area contributed by atoms with Crippen molar-refractivity contribution < 1.29 is 9.53 Å². The number of rotatable bonds is 2. The van der Waals surface area contributed by atoms with Gasteiger partial charge in [-0.25, -0.2) is 9.97 Å². The second-order valence-corrected chi connectivity index (χ2v) is 4.82. The third-order valence-corrected chi connectivity index (χ3v) is 3.84. The van der Waals surface area contributed by atoms with Crippen molar-refractivity contribution in [1.29, 1.82) is 0 Å². The van der Waals surface area contributed by atoms with Gasteiger partial charge in [0.25, 0.3) is 0 Å². The van der Waals surface area contributed by atoms with Gasteiger partial charge < -0.3 is 4.74 Å². The molecule has 90 valence electrons. The van der Waals surface area contributed by atoms with Crippen molar-refractivity contribution >= 4 is 5.97 Å². The Balaban J connectivity index is 1.74. The van der Waals surface area contributed by atoms with E-state index < -0.39 is 5.41 Å². The quantitative estimate of drug-likeness (QED) is 0.738. The van der Waals surface area contributed by atoms with E-state index >= 15 is 0 Å². The number of hydrogen-bond donors (Lipinski definition) is 0. The van der Waals surface area contributed by atoms with E-state index in [9.17, 15) is 4.79 Å². The molecule has 0 bridgehead atoms. The maximum Gasteiger partial charge on any atom is 0.318 e. The fourth-order valence-corrected chi connectivity index (χ4v) is 2.69. The summed E-state index contributed by atoms with van der Waals surface area (Å²) in [6.45, 7) is 0.537. The molecule has 5 heteroatoms. The zero-order valence-electron chi connectivity index (χ0n) is 9.61. The number of cyclic esters (lactones) is 1. The molecule has 4 rings (SSSR count). The van der Waals surface area contributed by atoms with Crippen LogP contribution in [0.5, 0.6) is 0 Å². The molecule has 5 nitrogen and oxygen atoms in total. The molecule has 1 saturated heterocycles. The summed E-state index contributed by atoms with van der Waals surface area (Å²) < 4.78 is 6.92. The highest BCUT2D eigenvalue weighted by Gasteiger charge is 2.68. The van der Waals surface area contributed by atoms with Crippen molar-refractivity contribution in [2.75, 3.05) is 6.61 Å². The summed E-state index contributed by atoms with van der Waals surface area (Å²) in [6, 6.07) is 5.69. The molecule has 3 heterocycles. The topological polar surface area (TPSA) is 57.0 Å². The van der Waals surface area contributed by atoms with E-state index in [0.29, 0.717) is 12.5 Å². The largest absolute Gasteiger partial charge is 0.465 e. The minimum absolute atomic E-state index is 0.126. The van der Waals surface area contributed by atoms with Crippen molar-refractivity contribution in [3.8, 4) is 5.82 Å². The summed E-state index contributed by atoms with van der Waals surface area (Å²) in [6.07, 6.45) is 6.18. The molecule has 18 heavy (non-hydrogen) atoms. The van der Waals surface area contributed by atoms with Crippen LogP contribution in [0.25, 0.3) is 5.82 Å². The Morgan fingerprint density at radius 2 is 2.33 bits per heavy atom. The van der Waals surface area contributed by atoms with Gasteiger partial charge in [-0.3, -0.25) is 9.36 Å². The fraction of sp³-hybridized carbons (Fsp3) is 0.308. The average Bonchev–Trinajstić information content (AvgIpc) is 2.80. The van der Waals surface area contributed by atoms with Gasteiger partial charge in [-0.05, 0) is 18.6 Å². The lowest BCUT2D eigenvalue weighted by Gasteiger charge is -2.04.